The van der Waals surface area contributed by atoms with Crippen LogP contribution in [0.1, 0.15) is 18.1 Å². The molecule has 3 nitrogen and oxygen atoms in total. The Bertz CT molecular complexity index is 654. The van der Waals surface area contributed by atoms with Crippen LogP contribution in [0.25, 0.3) is 0 Å². The van der Waals surface area contributed by atoms with Crippen molar-refractivity contribution < 1.29 is 9.53 Å². The molecule has 0 spiro atoms. The molecule has 0 bridgehead atoms. The van der Waals surface area contributed by atoms with Gasteiger partial charge in [0.2, 0.25) is 0 Å². The fourth-order valence-corrected chi connectivity index (χ4v) is 1.81. The van der Waals surface area contributed by atoms with E-state index in [0.29, 0.717) is 0 Å². The van der Waals surface area contributed by atoms with Crippen LogP contribution in [-0.4, -0.2) is 12.6 Å². The number of carbonyl (C=O) groups excluding carboxylic acids is 1. The smallest absolute Gasteiger partial charge is 0.303 e. The lowest BCUT2D eigenvalue weighted by Gasteiger charge is -2.08. The Hall–Kier alpha value is -2.73. The van der Waals surface area contributed by atoms with Crippen LogP contribution < -0.4 is 5.32 Å². The first-order valence-electron chi connectivity index (χ1n) is 6.75. The summed E-state index contributed by atoms with van der Waals surface area (Å²) in [5, 5.41) is 3.37. The second-order valence-electron chi connectivity index (χ2n) is 4.47. The van der Waals surface area contributed by atoms with E-state index in [1.807, 2.05) is 42.5 Å². The second-order valence-corrected chi connectivity index (χ2v) is 4.47. The molecule has 2 aromatic carbocycles. The lowest BCUT2D eigenvalue weighted by Crippen LogP contribution is -2.01. The maximum Gasteiger partial charge on any atom is 0.303 e. The SMILES string of the molecule is CC(=O)OCC#Cc1ccccc1NCc1ccccc1. The molecule has 0 saturated carbocycles. The van der Waals surface area contributed by atoms with Gasteiger partial charge in [0.05, 0.1) is 5.69 Å². The predicted molar refractivity (Wildman–Crippen MR) is 83.7 cm³/mol. The Morgan fingerprint density at radius 1 is 1.10 bits per heavy atom. The van der Waals surface area contributed by atoms with Gasteiger partial charge >= 0.3 is 5.97 Å². The van der Waals surface area contributed by atoms with Crippen molar-refractivity contribution in [1.29, 1.82) is 0 Å². The van der Waals surface area contributed by atoms with Gasteiger partial charge < -0.3 is 10.1 Å². The van der Waals surface area contributed by atoms with Crippen molar-refractivity contribution in [2.24, 2.45) is 0 Å². The third kappa shape index (κ3) is 5.04. The number of rotatable bonds is 4. The van der Waals surface area contributed by atoms with Gasteiger partial charge in [-0.3, -0.25) is 4.79 Å². The van der Waals surface area contributed by atoms with E-state index in [9.17, 15) is 4.79 Å². The molecule has 0 aliphatic heterocycles. The van der Waals surface area contributed by atoms with Crippen molar-refractivity contribution in [3.8, 4) is 11.8 Å². The molecule has 0 radical (unpaired) electrons. The molecule has 0 heterocycles. The Balaban J connectivity index is 2.01. The largest absolute Gasteiger partial charge is 0.453 e. The fourth-order valence-electron chi connectivity index (χ4n) is 1.81. The van der Waals surface area contributed by atoms with Crippen LogP contribution in [0, 0.1) is 11.8 Å². The first-order valence-corrected chi connectivity index (χ1v) is 6.75. The molecule has 3 heteroatoms. The molecule has 0 saturated heterocycles. The zero-order valence-electron chi connectivity index (χ0n) is 11.9. The number of carbonyl (C=O) groups is 1. The summed E-state index contributed by atoms with van der Waals surface area (Å²) in [4.78, 5) is 10.7. The monoisotopic (exact) mass is 279 g/mol. The number of hydrogen-bond acceptors (Lipinski definition) is 3. The van der Waals surface area contributed by atoms with E-state index in [1.54, 1.807) is 0 Å². The Kier molecular flexibility index (Phi) is 5.42. The highest BCUT2D eigenvalue weighted by Gasteiger charge is 1.98. The fraction of sp³-hybridized carbons (Fsp3) is 0.167. The lowest BCUT2D eigenvalue weighted by atomic mass is 10.1. The molecular weight excluding hydrogens is 262 g/mol. The summed E-state index contributed by atoms with van der Waals surface area (Å²) in [6, 6.07) is 18.0. The Labute approximate surface area is 125 Å². The highest BCUT2D eigenvalue weighted by atomic mass is 16.5. The minimum atomic E-state index is -0.320. The van der Waals surface area contributed by atoms with Crippen LogP contribution in [0.5, 0.6) is 0 Å². The summed E-state index contributed by atoms with van der Waals surface area (Å²) in [5.41, 5.74) is 3.07. The Morgan fingerprint density at radius 3 is 2.57 bits per heavy atom. The summed E-state index contributed by atoms with van der Waals surface area (Å²) in [6.07, 6.45) is 0. The summed E-state index contributed by atoms with van der Waals surface area (Å²) in [7, 11) is 0. The highest BCUT2D eigenvalue weighted by molar-refractivity contribution is 5.66. The van der Waals surface area contributed by atoms with Crippen molar-refractivity contribution in [3.05, 3.63) is 65.7 Å². The number of esters is 1. The molecule has 0 atom stereocenters. The van der Waals surface area contributed by atoms with E-state index in [4.69, 9.17) is 4.74 Å². The molecule has 2 aromatic rings. The van der Waals surface area contributed by atoms with E-state index in [0.717, 1.165) is 17.8 Å². The molecule has 0 aliphatic carbocycles. The van der Waals surface area contributed by atoms with Crippen molar-refractivity contribution in [2.45, 2.75) is 13.5 Å². The number of anilines is 1. The van der Waals surface area contributed by atoms with E-state index < -0.39 is 0 Å². The molecule has 2 rings (SSSR count). The molecule has 0 aromatic heterocycles. The molecule has 106 valence electrons. The maximum absolute atomic E-state index is 10.7. The molecule has 21 heavy (non-hydrogen) atoms. The van der Waals surface area contributed by atoms with Crippen molar-refractivity contribution in [1.82, 2.24) is 0 Å². The quantitative estimate of drug-likeness (QED) is 0.690. The van der Waals surface area contributed by atoms with Gasteiger partial charge in [0.1, 0.15) is 0 Å². The van der Waals surface area contributed by atoms with Crippen LogP contribution in [0.2, 0.25) is 0 Å². The van der Waals surface area contributed by atoms with Gasteiger partial charge in [0, 0.05) is 19.0 Å². The number of nitrogens with one attached hydrogen (secondary N) is 1. The highest BCUT2D eigenvalue weighted by Crippen LogP contribution is 2.14. The first-order chi connectivity index (χ1) is 10.3. The number of para-hydroxylation sites is 1. The minimum Gasteiger partial charge on any atom is -0.453 e. The molecule has 1 N–H and O–H groups in total. The summed E-state index contributed by atoms with van der Waals surface area (Å²) in [5.74, 6) is 5.53. The van der Waals surface area contributed by atoms with Crippen LogP contribution >= 0.6 is 0 Å². The summed E-state index contributed by atoms with van der Waals surface area (Å²) in [6.45, 7) is 2.23. The van der Waals surface area contributed by atoms with Crippen LogP contribution in [0.15, 0.2) is 54.6 Å². The molecular formula is C18H17NO2. The van der Waals surface area contributed by atoms with Crippen molar-refractivity contribution in [2.75, 3.05) is 11.9 Å². The molecule has 0 unspecified atom stereocenters. The topological polar surface area (TPSA) is 38.3 Å². The third-order valence-electron chi connectivity index (χ3n) is 2.82. The van der Waals surface area contributed by atoms with Crippen LogP contribution in [-0.2, 0) is 16.1 Å². The lowest BCUT2D eigenvalue weighted by molar-refractivity contribution is -0.139. The van der Waals surface area contributed by atoms with Gasteiger partial charge in [-0.05, 0) is 17.7 Å². The van der Waals surface area contributed by atoms with Crippen LogP contribution in [0.3, 0.4) is 0 Å². The number of benzene rings is 2. The van der Waals surface area contributed by atoms with Gasteiger partial charge in [-0.25, -0.2) is 0 Å². The molecule has 0 aliphatic rings. The summed E-state index contributed by atoms with van der Waals surface area (Å²) < 4.78 is 4.80. The van der Waals surface area contributed by atoms with E-state index >= 15 is 0 Å². The molecule has 0 fully saturated rings. The number of hydrogen-bond donors (Lipinski definition) is 1. The van der Waals surface area contributed by atoms with E-state index in [2.05, 4.69) is 29.3 Å². The van der Waals surface area contributed by atoms with Gasteiger partial charge in [0.15, 0.2) is 6.61 Å². The predicted octanol–water partition coefficient (Wildman–Crippen LogP) is 3.21. The van der Waals surface area contributed by atoms with Crippen molar-refractivity contribution >= 4 is 11.7 Å². The van der Waals surface area contributed by atoms with Gasteiger partial charge in [-0.2, -0.15) is 0 Å². The maximum atomic E-state index is 10.7. The minimum absolute atomic E-state index is 0.113. The van der Waals surface area contributed by atoms with Crippen molar-refractivity contribution in [3.63, 3.8) is 0 Å². The standard InChI is InChI=1S/C18H17NO2/c1-15(20)21-13-7-11-17-10-5-6-12-18(17)19-14-16-8-3-2-4-9-16/h2-6,8-10,12,19H,13-14H2,1H3. The van der Waals surface area contributed by atoms with E-state index in [1.165, 1.54) is 12.5 Å². The average Bonchev–Trinajstić information content (AvgIpc) is 2.51. The van der Waals surface area contributed by atoms with Gasteiger partial charge in [0.25, 0.3) is 0 Å². The first kappa shape index (κ1) is 14.7. The average molecular weight is 279 g/mol. The van der Waals surface area contributed by atoms with Gasteiger partial charge in [-0.1, -0.05) is 54.3 Å². The normalized spacial score (nSPS) is 9.38. The number of ether oxygens (including phenoxy) is 1. The van der Waals surface area contributed by atoms with E-state index in [-0.39, 0.29) is 12.6 Å². The second kappa shape index (κ2) is 7.76. The van der Waals surface area contributed by atoms with Crippen LogP contribution in [0.4, 0.5) is 5.69 Å². The molecule has 0 amide bonds. The third-order valence-corrected chi connectivity index (χ3v) is 2.82. The summed E-state index contributed by atoms with van der Waals surface area (Å²) >= 11 is 0. The van der Waals surface area contributed by atoms with Gasteiger partial charge in [-0.15, -0.1) is 0 Å². The zero-order chi connectivity index (χ0) is 14.9. The zero-order valence-corrected chi connectivity index (χ0v) is 11.9. The Morgan fingerprint density at radius 2 is 1.81 bits per heavy atom.